The minimum atomic E-state index is 0.277. The summed E-state index contributed by atoms with van der Waals surface area (Å²) in [5, 5.41) is 3.91. The molecule has 3 aliphatic carbocycles. The van der Waals surface area contributed by atoms with Gasteiger partial charge in [-0.25, -0.2) is 0 Å². The summed E-state index contributed by atoms with van der Waals surface area (Å²) in [6.45, 7) is 4.46. The Kier molecular flexibility index (Phi) is 4.04. The highest BCUT2D eigenvalue weighted by Crippen LogP contribution is 2.61. The van der Waals surface area contributed by atoms with E-state index in [-0.39, 0.29) is 5.60 Å². The Hall–Kier alpha value is -0.0800. The van der Waals surface area contributed by atoms with Gasteiger partial charge >= 0.3 is 0 Å². The molecule has 4 rings (SSSR count). The normalized spacial score (nSPS) is 42.7. The highest BCUT2D eigenvalue weighted by Gasteiger charge is 2.57. The minimum absolute atomic E-state index is 0.277. The fraction of sp³-hybridized carbons (Fsp3) is 1.00. The summed E-state index contributed by atoms with van der Waals surface area (Å²) in [7, 11) is 0. The van der Waals surface area contributed by atoms with E-state index in [4.69, 9.17) is 4.74 Å². The predicted octanol–water partition coefficient (Wildman–Crippen LogP) is 4.14. The van der Waals surface area contributed by atoms with Gasteiger partial charge in [-0.15, -0.1) is 0 Å². The maximum atomic E-state index is 6.33. The standard InChI is InChI=1S/C19H33NO/c1-2-20-18(17-15-7-6-8-16(15)17)14-9-12-21-19(13-14)10-4-3-5-11-19/h14-18,20H,2-13H2,1H3. The van der Waals surface area contributed by atoms with E-state index in [9.17, 15) is 0 Å². The Labute approximate surface area is 130 Å². The molecule has 4 unspecified atom stereocenters. The smallest absolute Gasteiger partial charge is 0.0685 e. The Balaban J connectivity index is 1.45. The highest BCUT2D eigenvalue weighted by molar-refractivity contribution is 5.09. The van der Waals surface area contributed by atoms with Crippen LogP contribution in [0.15, 0.2) is 0 Å². The van der Waals surface area contributed by atoms with Crippen LogP contribution in [0.4, 0.5) is 0 Å². The van der Waals surface area contributed by atoms with Crippen LogP contribution in [0.1, 0.15) is 71.1 Å². The van der Waals surface area contributed by atoms with Crippen molar-refractivity contribution >= 4 is 0 Å². The third-order valence-electron chi connectivity index (χ3n) is 7.13. The lowest BCUT2D eigenvalue weighted by Gasteiger charge is -2.46. The van der Waals surface area contributed by atoms with Gasteiger partial charge in [-0.2, -0.15) is 0 Å². The lowest BCUT2D eigenvalue weighted by molar-refractivity contribution is -0.123. The van der Waals surface area contributed by atoms with Gasteiger partial charge in [0.1, 0.15) is 0 Å². The van der Waals surface area contributed by atoms with Crippen molar-refractivity contribution in [2.24, 2.45) is 23.7 Å². The van der Waals surface area contributed by atoms with E-state index in [0.717, 1.165) is 42.9 Å². The molecule has 0 aromatic heterocycles. The summed E-state index contributed by atoms with van der Waals surface area (Å²) >= 11 is 0. The molecule has 0 aromatic rings. The van der Waals surface area contributed by atoms with E-state index in [1.165, 1.54) is 64.2 Å². The molecular formula is C19H33NO. The third kappa shape index (κ3) is 2.67. The van der Waals surface area contributed by atoms with E-state index >= 15 is 0 Å². The van der Waals surface area contributed by atoms with Crippen molar-refractivity contribution in [3.63, 3.8) is 0 Å². The van der Waals surface area contributed by atoms with Gasteiger partial charge in [0.25, 0.3) is 0 Å². The van der Waals surface area contributed by atoms with Crippen LogP contribution in [0.2, 0.25) is 0 Å². The first kappa shape index (κ1) is 14.5. The number of nitrogens with one attached hydrogen (secondary N) is 1. The summed E-state index contributed by atoms with van der Waals surface area (Å²) in [4.78, 5) is 0. The molecule has 21 heavy (non-hydrogen) atoms. The number of rotatable bonds is 4. The Morgan fingerprint density at radius 3 is 2.52 bits per heavy atom. The molecule has 4 atom stereocenters. The van der Waals surface area contributed by atoms with Gasteiger partial charge in [-0.05, 0) is 68.7 Å². The molecule has 0 amide bonds. The van der Waals surface area contributed by atoms with Crippen molar-refractivity contribution in [2.75, 3.05) is 13.2 Å². The summed E-state index contributed by atoms with van der Waals surface area (Å²) in [5.41, 5.74) is 0.277. The molecule has 1 saturated heterocycles. The lowest BCUT2D eigenvalue weighted by Crippen LogP contribution is -2.49. The minimum Gasteiger partial charge on any atom is -0.375 e. The SMILES string of the molecule is CCNC(C1CCOC2(CCCCC2)C1)C1C2CCCC21. The number of hydrogen-bond acceptors (Lipinski definition) is 2. The van der Waals surface area contributed by atoms with Crippen molar-refractivity contribution in [3.8, 4) is 0 Å². The van der Waals surface area contributed by atoms with Gasteiger partial charge in [0.2, 0.25) is 0 Å². The van der Waals surface area contributed by atoms with Crippen molar-refractivity contribution < 1.29 is 4.74 Å². The molecule has 0 radical (unpaired) electrons. The second-order valence-corrected chi connectivity index (χ2v) is 8.26. The van der Waals surface area contributed by atoms with Crippen LogP contribution in [0.25, 0.3) is 0 Å². The van der Waals surface area contributed by atoms with Gasteiger partial charge < -0.3 is 10.1 Å². The first-order valence-corrected chi connectivity index (χ1v) is 9.70. The topological polar surface area (TPSA) is 21.3 Å². The van der Waals surface area contributed by atoms with Crippen molar-refractivity contribution in [1.29, 1.82) is 0 Å². The zero-order chi connectivity index (χ0) is 14.3. The zero-order valence-corrected chi connectivity index (χ0v) is 13.8. The van der Waals surface area contributed by atoms with Crippen LogP contribution < -0.4 is 5.32 Å². The summed E-state index contributed by atoms with van der Waals surface area (Å²) in [5.74, 6) is 4.06. The third-order valence-corrected chi connectivity index (χ3v) is 7.13. The van der Waals surface area contributed by atoms with Crippen LogP contribution in [0.3, 0.4) is 0 Å². The fourth-order valence-electron chi connectivity index (χ4n) is 6.18. The van der Waals surface area contributed by atoms with E-state index in [0.29, 0.717) is 0 Å². The van der Waals surface area contributed by atoms with Gasteiger partial charge in [0.15, 0.2) is 0 Å². The first-order chi connectivity index (χ1) is 10.3. The van der Waals surface area contributed by atoms with Gasteiger partial charge in [0, 0.05) is 12.6 Å². The molecule has 1 N–H and O–H groups in total. The molecule has 1 aliphatic heterocycles. The van der Waals surface area contributed by atoms with E-state index in [2.05, 4.69) is 12.2 Å². The van der Waals surface area contributed by atoms with Crippen molar-refractivity contribution in [1.82, 2.24) is 5.32 Å². The summed E-state index contributed by atoms with van der Waals surface area (Å²) in [6, 6.07) is 0.799. The number of fused-ring (bicyclic) bond motifs is 1. The van der Waals surface area contributed by atoms with Gasteiger partial charge in [0.05, 0.1) is 5.60 Å². The van der Waals surface area contributed by atoms with Crippen LogP contribution >= 0.6 is 0 Å². The highest BCUT2D eigenvalue weighted by atomic mass is 16.5. The molecule has 0 aromatic carbocycles. The fourth-order valence-corrected chi connectivity index (χ4v) is 6.18. The molecule has 0 bridgehead atoms. The average Bonchev–Trinajstić information content (AvgIpc) is 2.96. The second-order valence-electron chi connectivity index (χ2n) is 8.26. The van der Waals surface area contributed by atoms with E-state index in [1.54, 1.807) is 0 Å². The Bertz CT molecular complexity index is 347. The molecule has 4 aliphatic rings. The predicted molar refractivity (Wildman–Crippen MR) is 86.3 cm³/mol. The molecule has 3 saturated carbocycles. The number of hydrogen-bond donors (Lipinski definition) is 1. The van der Waals surface area contributed by atoms with Crippen LogP contribution in [-0.4, -0.2) is 24.8 Å². The van der Waals surface area contributed by atoms with E-state index in [1.807, 2.05) is 0 Å². The lowest BCUT2D eigenvalue weighted by atomic mass is 9.73. The van der Waals surface area contributed by atoms with Gasteiger partial charge in [-0.1, -0.05) is 32.6 Å². The second kappa shape index (κ2) is 5.85. The average molecular weight is 291 g/mol. The van der Waals surface area contributed by atoms with Crippen LogP contribution in [-0.2, 0) is 4.74 Å². The molecule has 1 heterocycles. The van der Waals surface area contributed by atoms with Crippen LogP contribution in [0.5, 0.6) is 0 Å². The monoisotopic (exact) mass is 291 g/mol. The Morgan fingerprint density at radius 2 is 1.81 bits per heavy atom. The molecule has 2 heteroatoms. The molecule has 4 fully saturated rings. The molecular weight excluding hydrogens is 258 g/mol. The van der Waals surface area contributed by atoms with Crippen molar-refractivity contribution in [2.45, 2.75) is 82.8 Å². The number of ether oxygens (including phenoxy) is 1. The molecule has 120 valence electrons. The van der Waals surface area contributed by atoms with Crippen LogP contribution in [0, 0.1) is 23.7 Å². The van der Waals surface area contributed by atoms with Gasteiger partial charge in [-0.3, -0.25) is 0 Å². The quantitative estimate of drug-likeness (QED) is 0.840. The summed E-state index contributed by atoms with van der Waals surface area (Å²) < 4.78 is 6.33. The largest absolute Gasteiger partial charge is 0.375 e. The molecule has 1 spiro atoms. The zero-order valence-electron chi connectivity index (χ0n) is 13.8. The van der Waals surface area contributed by atoms with Crippen molar-refractivity contribution in [3.05, 3.63) is 0 Å². The summed E-state index contributed by atoms with van der Waals surface area (Å²) in [6.07, 6.45) is 14.1. The maximum Gasteiger partial charge on any atom is 0.0685 e. The molecule has 2 nitrogen and oxygen atoms in total. The van der Waals surface area contributed by atoms with E-state index < -0.39 is 0 Å². The maximum absolute atomic E-state index is 6.33. The first-order valence-electron chi connectivity index (χ1n) is 9.70. The Morgan fingerprint density at radius 1 is 1.05 bits per heavy atom.